The summed E-state index contributed by atoms with van der Waals surface area (Å²) in [6, 6.07) is 9.93. The van der Waals surface area contributed by atoms with E-state index in [0.717, 1.165) is 12.8 Å². The van der Waals surface area contributed by atoms with Gasteiger partial charge in [0.25, 0.3) is 5.91 Å². The molecule has 4 amide bonds. The quantitative estimate of drug-likeness (QED) is 0.207. The van der Waals surface area contributed by atoms with E-state index in [9.17, 15) is 23.2 Å². The molecule has 3 aromatic rings. The van der Waals surface area contributed by atoms with Crippen LogP contribution in [-0.4, -0.2) is 62.9 Å². The first-order valence-corrected chi connectivity index (χ1v) is 17.0. The molecule has 2 fully saturated rings. The van der Waals surface area contributed by atoms with Crippen LogP contribution in [0.4, 0.5) is 18.4 Å². The second-order valence-electron chi connectivity index (χ2n) is 15.1. The molecule has 52 heavy (non-hydrogen) atoms. The number of nitrogens with zero attached hydrogens (tertiary/aromatic N) is 4. The second-order valence-corrected chi connectivity index (χ2v) is 15.5. The number of nitrogens with one attached hydrogen (secondary N) is 2. The van der Waals surface area contributed by atoms with Gasteiger partial charge in [-0.25, -0.2) is 14.3 Å². The van der Waals surface area contributed by atoms with E-state index in [-0.39, 0.29) is 29.0 Å². The Morgan fingerprint density at radius 1 is 1.10 bits per heavy atom. The van der Waals surface area contributed by atoms with Gasteiger partial charge in [-0.3, -0.25) is 14.5 Å². The van der Waals surface area contributed by atoms with E-state index >= 15 is 4.79 Å². The molecule has 0 bridgehead atoms. The molecule has 4 N–H and O–H groups in total. The molecule has 1 aliphatic carbocycles. The average molecular weight is 742 g/mol. The maximum absolute atomic E-state index is 15.2. The van der Waals surface area contributed by atoms with Crippen LogP contribution in [0.25, 0.3) is 11.1 Å². The molecule has 5 rings (SSSR count). The molecule has 2 heterocycles. The van der Waals surface area contributed by atoms with E-state index in [4.69, 9.17) is 26.8 Å². The van der Waals surface area contributed by atoms with Crippen LogP contribution in [0.5, 0.6) is 0 Å². The lowest BCUT2D eigenvalue weighted by Gasteiger charge is -2.35. The highest BCUT2D eigenvalue weighted by Gasteiger charge is 2.55. The first kappa shape index (κ1) is 38.2. The number of guanidine groups is 1. The van der Waals surface area contributed by atoms with E-state index in [1.807, 2.05) is 20.8 Å². The minimum atomic E-state index is -2.81. The van der Waals surface area contributed by atoms with Gasteiger partial charge in [0.15, 0.2) is 0 Å². The third-order valence-electron chi connectivity index (χ3n) is 8.26. The number of carbonyl (C=O) groups excluding carboxylic acids is 4. The highest BCUT2D eigenvalue weighted by Crippen LogP contribution is 2.43. The number of benzene rings is 2. The summed E-state index contributed by atoms with van der Waals surface area (Å²) in [4.78, 5) is 59.1. The van der Waals surface area contributed by atoms with Crippen LogP contribution in [0.2, 0.25) is 5.02 Å². The number of aromatic nitrogens is 2. The Labute approximate surface area is 304 Å². The Morgan fingerprint density at radius 2 is 1.77 bits per heavy atom. The lowest BCUT2D eigenvalue weighted by molar-refractivity contribution is -0.134. The standard InChI is InChI=1S/C36H42ClF2N7O6/c1-34(2,3)19-36(23-10-7-20(8-11-23)22-16-41-45(17-22)30(38)39)29(48)46(31(44-36)43-33(50)52-35(4,5)6)27(18-51-32(49)42-24-12-13-24)21-9-14-26(37)25(15-21)28(40)47/h7-11,14-17,24,27,30H,12-13,18-19H2,1-6H3,(H2,40,47)(H,42,49)(H,43,44,50). The van der Waals surface area contributed by atoms with Crippen LogP contribution in [0.15, 0.2) is 59.9 Å². The van der Waals surface area contributed by atoms with Crippen molar-refractivity contribution in [1.82, 2.24) is 25.3 Å². The van der Waals surface area contributed by atoms with Crippen LogP contribution in [0.1, 0.15) is 94.9 Å². The largest absolute Gasteiger partial charge is 0.447 e. The lowest BCUT2D eigenvalue weighted by Crippen LogP contribution is -2.47. The van der Waals surface area contributed by atoms with Gasteiger partial charge in [0.1, 0.15) is 17.7 Å². The van der Waals surface area contributed by atoms with Crippen molar-refractivity contribution in [1.29, 1.82) is 0 Å². The summed E-state index contributed by atoms with van der Waals surface area (Å²) in [6.07, 6.45) is 2.61. The van der Waals surface area contributed by atoms with Gasteiger partial charge in [0, 0.05) is 17.8 Å². The van der Waals surface area contributed by atoms with Crippen molar-refractivity contribution >= 4 is 41.6 Å². The number of alkyl carbamates (subject to hydrolysis) is 1. The molecule has 0 radical (unpaired) electrons. The number of hydrogen-bond acceptors (Lipinski definition) is 7. The number of carbonyl (C=O) groups is 4. The second kappa shape index (κ2) is 14.5. The van der Waals surface area contributed by atoms with E-state index in [1.54, 1.807) is 51.1 Å². The summed E-state index contributed by atoms with van der Waals surface area (Å²) in [5.74, 6) is -1.58. The molecule has 1 aromatic heterocycles. The Morgan fingerprint density at radius 3 is 2.33 bits per heavy atom. The molecule has 16 heteroatoms. The van der Waals surface area contributed by atoms with Gasteiger partial charge >= 0.3 is 18.7 Å². The number of rotatable bonds is 10. The normalized spacial score (nSPS) is 19.1. The minimum Gasteiger partial charge on any atom is -0.447 e. The number of nitrogens with two attached hydrogens (primary N) is 1. The highest BCUT2D eigenvalue weighted by atomic mass is 35.5. The van der Waals surface area contributed by atoms with Crippen molar-refractivity contribution in [3.05, 3.63) is 76.6 Å². The van der Waals surface area contributed by atoms with Crippen molar-refractivity contribution < 1.29 is 37.4 Å². The average Bonchev–Trinajstić information content (AvgIpc) is 3.62. The highest BCUT2D eigenvalue weighted by molar-refractivity contribution is 6.33. The van der Waals surface area contributed by atoms with Crippen LogP contribution in [0.3, 0.4) is 0 Å². The van der Waals surface area contributed by atoms with Crippen LogP contribution < -0.4 is 16.4 Å². The van der Waals surface area contributed by atoms with Crippen LogP contribution in [0, 0.1) is 5.41 Å². The summed E-state index contributed by atoms with van der Waals surface area (Å²) >= 11 is 6.29. The fourth-order valence-electron chi connectivity index (χ4n) is 5.95. The molecular formula is C36H42ClF2N7O6. The summed E-state index contributed by atoms with van der Waals surface area (Å²) in [7, 11) is 0. The molecule has 2 atom stereocenters. The van der Waals surface area contributed by atoms with Crippen molar-refractivity contribution in [2.24, 2.45) is 16.1 Å². The van der Waals surface area contributed by atoms with Crippen molar-refractivity contribution in [3.63, 3.8) is 0 Å². The van der Waals surface area contributed by atoms with Gasteiger partial charge in [-0.05, 0) is 74.3 Å². The molecule has 0 spiro atoms. The summed E-state index contributed by atoms with van der Waals surface area (Å²) in [6.45, 7) is 7.58. The molecule has 2 aromatic carbocycles. The Bertz CT molecular complexity index is 1880. The molecule has 1 saturated carbocycles. The summed E-state index contributed by atoms with van der Waals surface area (Å²) in [5, 5.41) is 9.76. The van der Waals surface area contributed by atoms with Crippen LogP contribution >= 0.6 is 11.6 Å². The van der Waals surface area contributed by atoms with Crippen LogP contribution in [-0.2, 0) is 19.8 Å². The molecule has 278 valence electrons. The lowest BCUT2D eigenvalue weighted by atomic mass is 9.75. The third-order valence-corrected chi connectivity index (χ3v) is 8.59. The van der Waals surface area contributed by atoms with Crippen molar-refractivity contribution in [2.45, 2.75) is 90.6 Å². The number of aliphatic imine (C=N–C) groups is 1. The van der Waals surface area contributed by atoms with Gasteiger partial charge in [0.2, 0.25) is 11.9 Å². The molecular weight excluding hydrogens is 700 g/mol. The predicted molar refractivity (Wildman–Crippen MR) is 189 cm³/mol. The van der Waals surface area contributed by atoms with Gasteiger partial charge < -0.3 is 25.8 Å². The van der Waals surface area contributed by atoms with Gasteiger partial charge in [0.05, 0.1) is 22.8 Å². The topological polar surface area (TPSA) is 170 Å². The first-order chi connectivity index (χ1) is 24.3. The van der Waals surface area contributed by atoms with E-state index in [1.165, 1.54) is 29.4 Å². The molecule has 1 saturated heterocycles. The number of halogens is 3. The van der Waals surface area contributed by atoms with E-state index in [2.05, 4.69) is 20.7 Å². The fourth-order valence-corrected chi connectivity index (χ4v) is 6.16. The molecule has 13 nitrogen and oxygen atoms in total. The van der Waals surface area contributed by atoms with Crippen molar-refractivity contribution in [3.8, 4) is 11.1 Å². The maximum atomic E-state index is 15.2. The number of primary amides is 1. The van der Waals surface area contributed by atoms with E-state index in [0.29, 0.717) is 26.9 Å². The maximum Gasteiger partial charge on any atom is 0.437 e. The number of hydrogen-bond donors (Lipinski definition) is 3. The Hall–Kier alpha value is -5.05. The summed E-state index contributed by atoms with van der Waals surface area (Å²) < 4.78 is 38.2. The Kier molecular flexibility index (Phi) is 10.7. The van der Waals surface area contributed by atoms with Gasteiger partial charge in [-0.1, -0.05) is 62.7 Å². The molecule has 2 unspecified atom stereocenters. The van der Waals surface area contributed by atoms with E-state index < -0.39 is 59.8 Å². The molecule has 2 aliphatic rings. The van der Waals surface area contributed by atoms with Crippen molar-refractivity contribution in [2.75, 3.05) is 6.61 Å². The number of alkyl halides is 2. The monoisotopic (exact) mass is 741 g/mol. The smallest absolute Gasteiger partial charge is 0.437 e. The fraction of sp³-hybridized carbons (Fsp3) is 0.444. The number of ether oxygens (including phenoxy) is 2. The van der Waals surface area contributed by atoms with Gasteiger partial charge in [-0.2, -0.15) is 13.9 Å². The summed E-state index contributed by atoms with van der Waals surface area (Å²) in [5.41, 5.74) is 4.37. The zero-order valence-corrected chi connectivity index (χ0v) is 30.5. The Balaban J connectivity index is 1.66. The predicted octanol–water partition coefficient (Wildman–Crippen LogP) is 6.68. The first-order valence-electron chi connectivity index (χ1n) is 16.7. The zero-order chi connectivity index (χ0) is 38.2. The third kappa shape index (κ3) is 8.87. The number of amides is 4. The minimum absolute atomic E-state index is 0.0190. The molecule has 1 aliphatic heterocycles. The SMILES string of the molecule is CC(C)(C)CC1(c2ccc(-c3cnn(C(F)F)c3)cc2)NC(=NC(=O)OC(C)(C)C)N(C(COC(=O)NC2CC2)c2ccc(Cl)c(C(N)=O)c2)C1=O. The zero-order valence-electron chi connectivity index (χ0n) is 29.7. The van der Waals surface area contributed by atoms with Gasteiger partial charge in [-0.15, -0.1) is 4.99 Å².